The molecule has 3 nitrogen and oxygen atoms in total. The molecular weight excluding hydrogens is 168 g/mol. The van der Waals surface area contributed by atoms with Gasteiger partial charge in [-0.15, -0.1) is 6.58 Å². The van der Waals surface area contributed by atoms with Crippen molar-refractivity contribution in [3.63, 3.8) is 0 Å². The van der Waals surface area contributed by atoms with Gasteiger partial charge in [-0.2, -0.15) is 0 Å². The van der Waals surface area contributed by atoms with Crippen molar-refractivity contribution < 1.29 is 15.4 Å². The van der Waals surface area contributed by atoms with Crippen molar-refractivity contribution in [1.82, 2.24) is 0 Å². The minimum atomic E-state index is -0.680. The lowest BCUT2D eigenvalue weighted by atomic mass is 10.1. The van der Waals surface area contributed by atoms with Gasteiger partial charge in [0.2, 0.25) is 0 Å². The second kappa shape index (κ2) is 11.2. The van der Waals surface area contributed by atoms with Crippen LogP contribution in [0.5, 0.6) is 0 Å². The van der Waals surface area contributed by atoms with Gasteiger partial charge in [0.05, 0.1) is 0 Å². The van der Waals surface area contributed by atoms with Gasteiger partial charge in [0.25, 0.3) is 0 Å². The highest BCUT2D eigenvalue weighted by molar-refractivity contribution is 5.66. The van der Waals surface area contributed by atoms with Crippen molar-refractivity contribution in [2.45, 2.75) is 44.9 Å². The summed E-state index contributed by atoms with van der Waals surface area (Å²) in [6.45, 7) is 3.64. The second-order valence-electron chi connectivity index (χ2n) is 2.99. The third-order valence-corrected chi connectivity index (χ3v) is 1.80. The van der Waals surface area contributed by atoms with E-state index in [-0.39, 0.29) is 5.48 Å². The fraction of sp³-hybridized carbons (Fsp3) is 0.700. The van der Waals surface area contributed by atoms with Crippen LogP contribution in [0.15, 0.2) is 12.7 Å². The first kappa shape index (κ1) is 14.7. The lowest BCUT2D eigenvalue weighted by molar-refractivity contribution is -0.137. The molecule has 0 saturated carbocycles. The van der Waals surface area contributed by atoms with Gasteiger partial charge in [0.15, 0.2) is 0 Å². The lowest BCUT2D eigenvalue weighted by Gasteiger charge is -1.97. The maximum atomic E-state index is 10.1. The molecule has 0 aliphatic heterocycles. The Hall–Kier alpha value is -0.830. The van der Waals surface area contributed by atoms with Crippen LogP contribution < -0.4 is 0 Å². The topological polar surface area (TPSA) is 68.8 Å². The molecule has 0 aromatic heterocycles. The summed E-state index contributed by atoms with van der Waals surface area (Å²) < 4.78 is 0. The van der Waals surface area contributed by atoms with E-state index in [1.165, 1.54) is 12.8 Å². The van der Waals surface area contributed by atoms with Gasteiger partial charge in [0, 0.05) is 6.42 Å². The molecule has 13 heavy (non-hydrogen) atoms. The highest BCUT2D eigenvalue weighted by atomic mass is 16.4. The third kappa shape index (κ3) is 14.1. The van der Waals surface area contributed by atoms with Crippen LogP contribution in [0.3, 0.4) is 0 Å². The van der Waals surface area contributed by atoms with Crippen LogP contribution in [-0.4, -0.2) is 16.6 Å². The summed E-state index contributed by atoms with van der Waals surface area (Å²) in [6, 6.07) is 0. The van der Waals surface area contributed by atoms with Crippen LogP contribution >= 0.6 is 0 Å². The molecule has 0 aromatic carbocycles. The molecule has 0 aromatic rings. The van der Waals surface area contributed by atoms with Gasteiger partial charge in [0.1, 0.15) is 0 Å². The van der Waals surface area contributed by atoms with Gasteiger partial charge in [-0.25, -0.2) is 0 Å². The van der Waals surface area contributed by atoms with E-state index in [1.807, 2.05) is 6.08 Å². The van der Waals surface area contributed by atoms with Crippen molar-refractivity contribution in [3.8, 4) is 0 Å². The normalized spacial score (nSPS) is 8.92. The van der Waals surface area contributed by atoms with Crippen molar-refractivity contribution in [2.24, 2.45) is 0 Å². The monoisotopic (exact) mass is 188 g/mol. The summed E-state index contributed by atoms with van der Waals surface area (Å²) in [4.78, 5) is 10.1. The zero-order valence-electron chi connectivity index (χ0n) is 8.09. The predicted octanol–water partition coefficient (Wildman–Crippen LogP) is 2.16. The Morgan fingerprint density at radius 3 is 2.23 bits per heavy atom. The van der Waals surface area contributed by atoms with Gasteiger partial charge >= 0.3 is 5.97 Å². The van der Waals surface area contributed by atoms with E-state index >= 15 is 0 Å². The van der Waals surface area contributed by atoms with Crippen LogP contribution in [-0.2, 0) is 4.79 Å². The summed E-state index contributed by atoms with van der Waals surface area (Å²) in [6.07, 6.45) is 8.74. The number of hydrogen-bond donors (Lipinski definition) is 1. The maximum absolute atomic E-state index is 10.1. The Kier molecular flexibility index (Phi) is 12.6. The van der Waals surface area contributed by atoms with Crippen LogP contribution in [0.25, 0.3) is 0 Å². The van der Waals surface area contributed by atoms with Crippen LogP contribution in [0.1, 0.15) is 44.9 Å². The van der Waals surface area contributed by atoms with Crippen LogP contribution in [0, 0.1) is 0 Å². The van der Waals surface area contributed by atoms with Crippen molar-refractivity contribution in [3.05, 3.63) is 12.7 Å². The predicted molar refractivity (Wildman–Crippen MR) is 53.8 cm³/mol. The number of aliphatic carboxylic acids is 1. The molecule has 0 radical (unpaired) electrons. The van der Waals surface area contributed by atoms with E-state index in [1.54, 1.807) is 0 Å². The lowest BCUT2D eigenvalue weighted by Crippen LogP contribution is -1.93. The molecule has 0 saturated heterocycles. The van der Waals surface area contributed by atoms with Crippen molar-refractivity contribution in [2.75, 3.05) is 0 Å². The standard InChI is InChI=1S/C10H18O2.H2O/c1-2-3-4-5-6-7-8-9-10(11)12;/h2H,1,3-9H2,(H,11,12);1H2. The SMILES string of the molecule is C=CCCCCCCCC(=O)O.O. The molecule has 0 heterocycles. The molecule has 3 N–H and O–H groups in total. The molecule has 78 valence electrons. The summed E-state index contributed by atoms with van der Waals surface area (Å²) in [5.41, 5.74) is 0. The summed E-state index contributed by atoms with van der Waals surface area (Å²) in [5, 5.41) is 8.34. The Morgan fingerprint density at radius 1 is 1.15 bits per heavy atom. The summed E-state index contributed by atoms with van der Waals surface area (Å²) in [5.74, 6) is -0.680. The zero-order chi connectivity index (χ0) is 9.23. The van der Waals surface area contributed by atoms with Gasteiger partial charge < -0.3 is 10.6 Å². The van der Waals surface area contributed by atoms with Crippen LogP contribution in [0.2, 0.25) is 0 Å². The van der Waals surface area contributed by atoms with E-state index in [0.29, 0.717) is 6.42 Å². The quantitative estimate of drug-likeness (QED) is 0.468. The zero-order valence-corrected chi connectivity index (χ0v) is 8.09. The highest BCUT2D eigenvalue weighted by Gasteiger charge is 1.95. The van der Waals surface area contributed by atoms with E-state index in [9.17, 15) is 4.79 Å². The second-order valence-corrected chi connectivity index (χ2v) is 2.99. The van der Waals surface area contributed by atoms with Gasteiger partial charge in [-0.1, -0.05) is 25.3 Å². The molecule has 3 heteroatoms. The van der Waals surface area contributed by atoms with E-state index in [0.717, 1.165) is 25.7 Å². The van der Waals surface area contributed by atoms with Crippen molar-refractivity contribution >= 4 is 5.97 Å². The minimum absolute atomic E-state index is 0. The average molecular weight is 188 g/mol. The molecule has 0 aliphatic carbocycles. The van der Waals surface area contributed by atoms with Gasteiger partial charge in [-0.05, 0) is 19.3 Å². The maximum Gasteiger partial charge on any atom is 0.303 e. The number of carboxylic acid groups (broad SMARTS) is 1. The number of hydrogen-bond acceptors (Lipinski definition) is 1. The first-order valence-corrected chi connectivity index (χ1v) is 4.60. The summed E-state index contributed by atoms with van der Waals surface area (Å²) in [7, 11) is 0. The Bertz CT molecular complexity index is 132. The third-order valence-electron chi connectivity index (χ3n) is 1.80. The molecule has 0 fully saturated rings. The molecule has 0 atom stereocenters. The smallest absolute Gasteiger partial charge is 0.303 e. The average Bonchev–Trinajstić information content (AvgIpc) is 2.02. The summed E-state index contributed by atoms with van der Waals surface area (Å²) >= 11 is 0. The molecule has 0 spiro atoms. The Morgan fingerprint density at radius 2 is 1.69 bits per heavy atom. The number of allylic oxidation sites excluding steroid dienone is 1. The fourth-order valence-corrected chi connectivity index (χ4v) is 1.10. The minimum Gasteiger partial charge on any atom is -0.481 e. The van der Waals surface area contributed by atoms with Gasteiger partial charge in [-0.3, -0.25) is 4.79 Å². The molecule has 0 amide bonds. The van der Waals surface area contributed by atoms with E-state index < -0.39 is 5.97 Å². The number of carboxylic acids is 1. The largest absolute Gasteiger partial charge is 0.481 e. The first-order valence-electron chi connectivity index (χ1n) is 4.60. The number of rotatable bonds is 8. The molecular formula is C10H20O3. The molecule has 0 bridgehead atoms. The Balaban J connectivity index is 0. The number of unbranched alkanes of at least 4 members (excludes halogenated alkanes) is 5. The number of carbonyl (C=O) groups is 1. The van der Waals surface area contributed by atoms with E-state index in [4.69, 9.17) is 5.11 Å². The molecule has 0 unspecified atom stereocenters. The Labute approximate surface area is 79.8 Å². The molecule has 0 rings (SSSR count). The first-order chi connectivity index (χ1) is 5.77. The fourth-order valence-electron chi connectivity index (χ4n) is 1.10. The van der Waals surface area contributed by atoms with E-state index in [2.05, 4.69) is 6.58 Å². The molecule has 0 aliphatic rings. The van der Waals surface area contributed by atoms with Crippen molar-refractivity contribution in [1.29, 1.82) is 0 Å². The highest BCUT2D eigenvalue weighted by Crippen LogP contribution is 2.06. The van der Waals surface area contributed by atoms with Crippen LogP contribution in [0.4, 0.5) is 0 Å².